The Hall–Kier alpha value is -3.68. The number of aromatic carboxylic acids is 1. The second-order valence-corrected chi connectivity index (χ2v) is 5.00. The van der Waals surface area contributed by atoms with E-state index in [9.17, 15) is 14.7 Å². The van der Waals surface area contributed by atoms with Crippen LogP contribution in [0.4, 0.5) is 10.6 Å². The number of ether oxygens (including phenoxy) is 1. The molecule has 0 spiro atoms. The lowest BCUT2D eigenvalue weighted by molar-refractivity contribution is 0.0698. The fourth-order valence-corrected chi connectivity index (χ4v) is 2.13. The first-order chi connectivity index (χ1) is 12.1. The highest BCUT2D eigenvalue weighted by atomic mass is 16.5. The number of carboxylic acid groups (broad SMARTS) is 1. The fraction of sp³-hybridized carbons (Fsp3) is 0.0588. The van der Waals surface area contributed by atoms with Gasteiger partial charge in [0.15, 0.2) is 11.6 Å². The van der Waals surface area contributed by atoms with Crippen molar-refractivity contribution in [3.8, 4) is 5.82 Å². The van der Waals surface area contributed by atoms with Gasteiger partial charge in [0.2, 0.25) is 0 Å². The Bertz CT molecular complexity index is 878. The minimum Gasteiger partial charge on any atom is -0.477 e. The van der Waals surface area contributed by atoms with E-state index in [1.807, 2.05) is 30.3 Å². The Morgan fingerprint density at radius 2 is 1.88 bits per heavy atom. The molecule has 8 heteroatoms. The number of carboxylic acids is 1. The van der Waals surface area contributed by atoms with E-state index in [0.717, 1.165) is 11.8 Å². The highest BCUT2D eigenvalue weighted by Crippen LogP contribution is 2.19. The fourth-order valence-electron chi connectivity index (χ4n) is 2.13. The maximum atomic E-state index is 12.1. The van der Waals surface area contributed by atoms with E-state index in [1.54, 1.807) is 18.2 Å². The van der Waals surface area contributed by atoms with Crippen LogP contribution in [-0.2, 0) is 11.3 Å². The zero-order valence-electron chi connectivity index (χ0n) is 13.0. The number of carbonyl (C=O) groups excluding carboxylic acids is 1. The molecule has 25 heavy (non-hydrogen) atoms. The summed E-state index contributed by atoms with van der Waals surface area (Å²) in [6.07, 6.45) is 1.89. The largest absolute Gasteiger partial charge is 0.477 e. The summed E-state index contributed by atoms with van der Waals surface area (Å²) in [6, 6.07) is 14.2. The van der Waals surface area contributed by atoms with Crippen molar-refractivity contribution in [2.75, 3.05) is 5.32 Å². The number of hydrogen-bond acceptors (Lipinski definition) is 5. The van der Waals surface area contributed by atoms with Gasteiger partial charge in [0.1, 0.15) is 12.2 Å². The average molecular weight is 338 g/mol. The van der Waals surface area contributed by atoms with Gasteiger partial charge >= 0.3 is 12.1 Å². The average Bonchev–Trinajstić information content (AvgIpc) is 3.05. The summed E-state index contributed by atoms with van der Waals surface area (Å²) < 4.78 is 6.35. The smallest absolute Gasteiger partial charge is 0.413 e. The zero-order chi connectivity index (χ0) is 17.6. The minimum atomic E-state index is -1.22. The SMILES string of the molecule is O=C(Nc1c(C(=O)O)cnn1-c1ccccn1)OCc1ccccc1. The Morgan fingerprint density at radius 1 is 1.12 bits per heavy atom. The Morgan fingerprint density at radius 3 is 2.56 bits per heavy atom. The second-order valence-electron chi connectivity index (χ2n) is 5.00. The number of nitrogens with zero attached hydrogens (tertiary/aromatic N) is 3. The van der Waals surface area contributed by atoms with E-state index < -0.39 is 12.1 Å². The molecule has 0 saturated carbocycles. The van der Waals surface area contributed by atoms with Gasteiger partial charge in [-0.25, -0.2) is 14.6 Å². The first-order valence-electron chi connectivity index (χ1n) is 7.35. The van der Waals surface area contributed by atoms with Gasteiger partial charge in [-0.1, -0.05) is 36.4 Å². The first-order valence-corrected chi connectivity index (χ1v) is 7.35. The molecule has 2 aromatic heterocycles. The van der Waals surface area contributed by atoms with Gasteiger partial charge in [0, 0.05) is 6.20 Å². The summed E-state index contributed by atoms with van der Waals surface area (Å²) in [7, 11) is 0. The van der Waals surface area contributed by atoms with Crippen molar-refractivity contribution in [2.45, 2.75) is 6.61 Å². The molecule has 3 rings (SSSR count). The molecule has 126 valence electrons. The van der Waals surface area contributed by atoms with Crippen LogP contribution in [0, 0.1) is 0 Å². The van der Waals surface area contributed by atoms with Gasteiger partial charge in [-0.2, -0.15) is 9.78 Å². The Balaban J connectivity index is 1.79. The predicted octanol–water partition coefficient (Wildman–Crippen LogP) is 2.71. The summed E-state index contributed by atoms with van der Waals surface area (Å²) in [5.41, 5.74) is 0.650. The van der Waals surface area contributed by atoms with E-state index in [1.165, 1.54) is 10.9 Å². The van der Waals surface area contributed by atoms with Gasteiger partial charge in [-0.05, 0) is 17.7 Å². The summed E-state index contributed by atoms with van der Waals surface area (Å²) in [4.78, 5) is 27.5. The monoisotopic (exact) mass is 338 g/mol. The maximum Gasteiger partial charge on any atom is 0.413 e. The molecule has 0 atom stereocenters. The summed E-state index contributed by atoms with van der Waals surface area (Å²) >= 11 is 0. The third-order valence-corrected chi connectivity index (χ3v) is 3.30. The first kappa shape index (κ1) is 16.2. The van der Waals surface area contributed by atoms with Crippen LogP contribution >= 0.6 is 0 Å². The van der Waals surface area contributed by atoms with E-state index in [0.29, 0.717) is 5.82 Å². The van der Waals surface area contributed by atoms with Crippen molar-refractivity contribution in [3.05, 3.63) is 72.1 Å². The molecule has 0 fully saturated rings. The van der Waals surface area contributed by atoms with Crippen molar-refractivity contribution in [2.24, 2.45) is 0 Å². The lowest BCUT2D eigenvalue weighted by Gasteiger charge is -2.10. The number of rotatable bonds is 5. The summed E-state index contributed by atoms with van der Waals surface area (Å²) in [5.74, 6) is -0.877. The number of carbonyl (C=O) groups is 2. The molecule has 8 nitrogen and oxygen atoms in total. The lowest BCUT2D eigenvalue weighted by atomic mass is 10.2. The van der Waals surface area contributed by atoms with Crippen LogP contribution in [0.3, 0.4) is 0 Å². The van der Waals surface area contributed by atoms with Crippen LogP contribution in [0.15, 0.2) is 60.9 Å². The third-order valence-electron chi connectivity index (χ3n) is 3.30. The van der Waals surface area contributed by atoms with Gasteiger partial charge < -0.3 is 9.84 Å². The normalized spacial score (nSPS) is 10.2. The predicted molar refractivity (Wildman–Crippen MR) is 88.6 cm³/mol. The van der Waals surface area contributed by atoms with E-state index in [2.05, 4.69) is 15.4 Å². The van der Waals surface area contributed by atoms with Crippen LogP contribution in [0.2, 0.25) is 0 Å². The van der Waals surface area contributed by atoms with Gasteiger partial charge in [-0.3, -0.25) is 5.32 Å². The minimum absolute atomic E-state index is 0.0238. The molecular weight excluding hydrogens is 324 g/mol. The third kappa shape index (κ3) is 3.81. The molecule has 2 N–H and O–H groups in total. The highest BCUT2D eigenvalue weighted by molar-refractivity contribution is 5.97. The van der Waals surface area contributed by atoms with E-state index in [4.69, 9.17) is 4.74 Å². The molecule has 1 aromatic carbocycles. The van der Waals surface area contributed by atoms with Crippen molar-refractivity contribution >= 4 is 17.9 Å². The molecular formula is C17H14N4O4. The molecule has 0 unspecified atom stereocenters. The van der Waals surface area contributed by atoms with Crippen molar-refractivity contribution in [1.29, 1.82) is 0 Å². The molecule has 0 bridgehead atoms. The molecule has 3 aromatic rings. The van der Waals surface area contributed by atoms with Crippen LogP contribution in [0.5, 0.6) is 0 Å². The van der Waals surface area contributed by atoms with Gasteiger partial charge in [-0.15, -0.1) is 0 Å². The number of aromatic nitrogens is 3. The quantitative estimate of drug-likeness (QED) is 0.741. The standard InChI is InChI=1S/C17H14N4O4/c22-16(23)13-10-19-21(14-8-4-5-9-18-14)15(13)20-17(24)25-11-12-6-2-1-3-7-12/h1-10H,11H2,(H,20,24)(H,22,23). The highest BCUT2D eigenvalue weighted by Gasteiger charge is 2.21. The van der Waals surface area contributed by atoms with Crippen molar-refractivity contribution in [3.63, 3.8) is 0 Å². The van der Waals surface area contributed by atoms with Gasteiger partial charge in [0.05, 0.1) is 6.20 Å². The maximum absolute atomic E-state index is 12.1. The number of nitrogens with one attached hydrogen (secondary N) is 1. The number of pyridine rings is 1. The molecule has 0 saturated heterocycles. The Kier molecular flexibility index (Phi) is 4.70. The lowest BCUT2D eigenvalue weighted by Crippen LogP contribution is -2.18. The van der Waals surface area contributed by atoms with Crippen molar-refractivity contribution < 1.29 is 19.4 Å². The molecule has 0 aliphatic carbocycles. The van der Waals surface area contributed by atoms with Crippen LogP contribution in [0.1, 0.15) is 15.9 Å². The van der Waals surface area contributed by atoms with Crippen LogP contribution < -0.4 is 5.32 Å². The van der Waals surface area contributed by atoms with E-state index >= 15 is 0 Å². The number of hydrogen-bond donors (Lipinski definition) is 2. The zero-order valence-corrected chi connectivity index (χ0v) is 13.0. The summed E-state index contributed by atoms with van der Waals surface area (Å²) in [5, 5.41) is 15.7. The molecule has 2 heterocycles. The number of amides is 1. The van der Waals surface area contributed by atoms with Gasteiger partial charge in [0.25, 0.3) is 0 Å². The number of anilines is 1. The Labute approximate surface area is 142 Å². The van der Waals surface area contributed by atoms with Crippen LogP contribution in [0.25, 0.3) is 5.82 Å². The van der Waals surface area contributed by atoms with Crippen molar-refractivity contribution in [1.82, 2.24) is 14.8 Å². The van der Waals surface area contributed by atoms with E-state index in [-0.39, 0.29) is 18.0 Å². The van der Waals surface area contributed by atoms with Crippen LogP contribution in [-0.4, -0.2) is 31.9 Å². The number of benzene rings is 1. The topological polar surface area (TPSA) is 106 Å². The molecule has 1 amide bonds. The molecule has 0 radical (unpaired) electrons. The summed E-state index contributed by atoms with van der Waals surface area (Å²) in [6.45, 7) is 0.0623. The second kappa shape index (κ2) is 7.26. The molecule has 0 aliphatic rings. The molecule has 0 aliphatic heterocycles.